The highest BCUT2D eigenvalue weighted by molar-refractivity contribution is 6.30. The standard InChI is InChI=1S/C17H18ClNO4/c18-13-2-4-15(5-3-13)21-10-14(20)9-19-8-12-1-6-16-17(7-12)23-11-22-16/h1-7,14,19-20H,8-11H2. The van der Waals surface area contributed by atoms with Crippen LogP contribution >= 0.6 is 11.6 Å². The van der Waals surface area contributed by atoms with Gasteiger partial charge in [-0.1, -0.05) is 17.7 Å². The van der Waals surface area contributed by atoms with Crippen molar-refractivity contribution in [3.8, 4) is 17.2 Å². The molecular weight excluding hydrogens is 318 g/mol. The van der Waals surface area contributed by atoms with Crippen LogP contribution in [-0.2, 0) is 6.54 Å². The summed E-state index contributed by atoms with van der Waals surface area (Å²) in [7, 11) is 0. The molecule has 122 valence electrons. The number of nitrogens with one attached hydrogen (secondary N) is 1. The normalized spacial score (nSPS) is 13.8. The minimum Gasteiger partial charge on any atom is -0.491 e. The second-order valence-corrected chi connectivity index (χ2v) is 5.67. The molecule has 2 N–H and O–H groups in total. The van der Waals surface area contributed by atoms with E-state index in [1.165, 1.54) is 0 Å². The van der Waals surface area contributed by atoms with Crippen molar-refractivity contribution >= 4 is 11.6 Å². The predicted molar refractivity (Wildman–Crippen MR) is 87.2 cm³/mol. The van der Waals surface area contributed by atoms with Gasteiger partial charge < -0.3 is 24.6 Å². The zero-order valence-electron chi connectivity index (χ0n) is 12.5. The maximum absolute atomic E-state index is 9.94. The van der Waals surface area contributed by atoms with Gasteiger partial charge in [-0.3, -0.25) is 0 Å². The van der Waals surface area contributed by atoms with Crippen LogP contribution in [0.1, 0.15) is 5.56 Å². The van der Waals surface area contributed by atoms with Crippen molar-refractivity contribution < 1.29 is 19.3 Å². The topological polar surface area (TPSA) is 60.0 Å². The molecule has 0 aliphatic carbocycles. The van der Waals surface area contributed by atoms with Crippen LogP contribution in [-0.4, -0.2) is 31.2 Å². The lowest BCUT2D eigenvalue weighted by Gasteiger charge is -2.13. The molecule has 23 heavy (non-hydrogen) atoms. The SMILES string of the molecule is OC(CNCc1ccc2c(c1)OCO2)COc1ccc(Cl)cc1. The lowest BCUT2D eigenvalue weighted by molar-refractivity contribution is 0.106. The number of fused-ring (bicyclic) bond motifs is 1. The van der Waals surface area contributed by atoms with Crippen molar-refractivity contribution in [3.05, 3.63) is 53.1 Å². The third kappa shape index (κ3) is 4.51. The number of hydrogen-bond donors (Lipinski definition) is 2. The average molecular weight is 336 g/mol. The first-order valence-electron chi connectivity index (χ1n) is 7.36. The number of halogens is 1. The second kappa shape index (κ2) is 7.55. The van der Waals surface area contributed by atoms with E-state index in [4.69, 9.17) is 25.8 Å². The monoisotopic (exact) mass is 335 g/mol. The quantitative estimate of drug-likeness (QED) is 0.814. The Hall–Kier alpha value is -1.95. The number of ether oxygens (including phenoxy) is 3. The Labute approximate surface area is 139 Å². The van der Waals surface area contributed by atoms with Gasteiger partial charge in [0.25, 0.3) is 0 Å². The van der Waals surface area contributed by atoms with Gasteiger partial charge >= 0.3 is 0 Å². The Kier molecular flexibility index (Phi) is 5.23. The fourth-order valence-corrected chi connectivity index (χ4v) is 2.34. The van der Waals surface area contributed by atoms with E-state index in [0.717, 1.165) is 17.1 Å². The summed E-state index contributed by atoms with van der Waals surface area (Å²) in [5, 5.41) is 13.8. The molecule has 3 rings (SSSR count). The minimum absolute atomic E-state index is 0.218. The number of benzene rings is 2. The number of rotatable bonds is 7. The first-order valence-corrected chi connectivity index (χ1v) is 7.74. The van der Waals surface area contributed by atoms with Crippen molar-refractivity contribution in [3.63, 3.8) is 0 Å². The van der Waals surface area contributed by atoms with E-state index in [2.05, 4.69) is 5.32 Å². The summed E-state index contributed by atoms with van der Waals surface area (Å²) in [5.41, 5.74) is 1.07. The third-order valence-electron chi connectivity index (χ3n) is 3.40. The van der Waals surface area contributed by atoms with Gasteiger partial charge in [0.2, 0.25) is 6.79 Å². The summed E-state index contributed by atoms with van der Waals surface area (Å²) in [6.07, 6.45) is -0.598. The van der Waals surface area contributed by atoms with E-state index in [1.807, 2.05) is 18.2 Å². The molecule has 0 spiro atoms. The Morgan fingerprint density at radius 1 is 1.13 bits per heavy atom. The molecule has 6 heteroatoms. The molecule has 1 aliphatic heterocycles. The summed E-state index contributed by atoms with van der Waals surface area (Å²) in [6.45, 7) is 1.55. The molecule has 0 fully saturated rings. The van der Waals surface area contributed by atoms with Crippen LogP contribution in [0.15, 0.2) is 42.5 Å². The second-order valence-electron chi connectivity index (χ2n) is 5.24. The van der Waals surface area contributed by atoms with Crippen LogP contribution in [0.3, 0.4) is 0 Å². The van der Waals surface area contributed by atoms with Gasteiger partial charge in [-0.2, -0.15) is 0 Å². The van der Waals surface area contributed by atoms with E-state index in [-0.39, 0.29) is 13.4 Å². The first-order chi connectivity index (χ1) is 11.2. The summed E-state index contributed by atoms with van der Waals surface area (Å²) in [5.74, 6) is 2.21. The molecule has 1 atom stereocenters. The zero-order chi connectivity index (χ0) is 16.1. The van der Waals surface area contributed by atoms with Gasteiger partial charge in [0.1, 0.15) is 18.5 Å². The molecule has 0 radical (unpaired) electrons. The molecule has 0 amide bonds. The van der Waals surface area contributed by atoms with Gasteiger partial charge in [-0.05, 0) is 42.0 Å². The minimum atomic E-state index is -0.598. The predicted octanol–water partition coefficient (Wildman–Crippen LogP) is 2.60. The maximum atomic E-state index is 9.94. The molecule has 1 unspecified atom stereocenters. The van der Waals surface area contributed by atoms with Crippen molar-refractivity contribution in [1.82, 2.24) is 5.32 Å². The highest BCUT2D eigenvalue weighted by atomic mass is 35.5. The molecular formula is C17H18ClNO4. The van der Waals surface area contributed by atoms with Gasteiger partial charge in [0.05, 0.1) is 0 Å². The maximum Gasteiger partial charge on any atom is 0.231 e. The van der Waals surface area contributed by atoms with E-state index >= 15 is 0 Å². The lowest BCUT2D eigenvalue weighted by Crippen LogP contribution is -2.31. The smallest absolute Gasteiger partial charge is 0.231 e. The van der Waals surface area contributed by atoms with Crippen LogP contribution in [0.4, 0.5) is 0 Å². The average Bonchev–Trinajstić information content (AvgIpc) is 3.02. The molecule has 1 aliphatic rings. The van der Waals surface area contributed by atoms with Crippen LogP contribution in [0.25, 0.3) is 0 Å². The van der Waals surface area contributed by atoms with E-state index in [9.17, 15) is 5.11 Å². The highest BCUT2D eigenvalue weighted by Crippen LogP contribution is 2.32. The summed E-state index contributed by atoms with van der Waals surface area (Å²) >= 11 is 5.80. The van der Waals surface area contributed by atoms with Crippen molar-refractivity contribution in [2.75, 3.05) is 19.9 Å². The van der Waals surface area contributed by atoms with Crippen LogP contribution in [0.5, 0.6) is 17.2 Å². The Balaban J connectivity index is 1.39. The zero-order valence-corrected chi connectivity index (χ0v) is 13.3. The third-order valence-corrected chi connectivity index (χ3v) is 3.65. The van der Waals surface area contributed by atoms with Gasteiger partial charge in [-0.15, -0.1) is 0 Å². The Bertz CT molecular complexity index is 648. The van der Waals surface area contributed by atoms with Crippen molar-refractivity contribution in [1.29, 1.82) is 0 Å². The molecule has 1 heterocycles. The van der Waals surface area contributed by atoms with E-state index in [1.54, 1.807) is 24.3 Å². The van der Waals surface area contributed by atoms with Crippen LogP contribution < -0.4 is 19.5 Å². The molecule has 2 aromatic carbocycles. The largest absolute Gasteiger partial charge is 0.491 e. The van der Waals surface area contributed by atoms with Crippen molar-refractivity contribution in [2.45, 2.75) is 12.6 Å². The van der Waals surface area contributed by atoms with Crippen molar-refractivity contribution in [2.24, 2.45) is 0 Å². The van der Waals surface area contributed by atoms with Gasteiger partial charge in [0, 0.05) is 18.1 Å². The molecule has 0 aromatic heterocycles. The Morgan fingerprint density at radius 2 is 1.91 bits per heavy atom. The van der Waals surface area contributed by atoms with Crippen LogP contribution in [0.2, 0.25) is 5.02 Å². The van der Waals surface area contributed by atoms with Gasteiger partial charge in [0.15, 0.2) is 11.5 Å². The fourth-order valence-electron chi connectivity index (χ4n) is 2.22. The lowest BCUT2D eigenvalue weighted by atomic mass is 10.2. The summed E-state index contributed by atoms with van der Waals surface area (Å²) in [6, 6.07) is 12.8. The molecule has 5 nitrogen and oxygen atoms in total. The fraction of sp³-hybridized carbons (Fsp3) is 0.294. The first kappa shape index (κ1) is 15.9. The molecule has 0 saturated heterocycles. The summed E-state index contributed by atoms with van der Waals surface area (Å²) in [4.78, 5) is 0. The van der Waals surface area contributed by atoms with E-state index < -0.39 is 6.10 Å². The Morgan fingerprint density at radius 3 is 2.74 bits per heavy atom. The number of hydrogen-bond acceptors (Lipinski definition) is 5. The summed E-state index contributed by atoms with van der Waals surface area (Å²) < 4.78 is 16.1. The van der Waals surface area contributed by atoms with Gasteiger partial charge in [-0.25, -0.2) is 0 Å². The highest BCUT2D eigenvalue weighted by Gasteiger charge is 2.13. The van der Waals surface area contributed by atoms with Crippen LogP contribution in [0, 0.1) is 0 Å². The molecule has 2 aromatic rings. The van der Waals surface area contributed by atoms with E-state index in [0.29, 0.717) is 23.9 Å². The number of aliphatic hydroxyl groups excluding tert-OH is 1. The molecule has 0 saturated carbocycles. The number of aliphatic hydroxyl groups is 1. The molecule has 0 bridgehead atoms.